The summed E-state index contributed by atoms with van der Waals surface area (Å²) in [5, 5.41) is 76.6. The highest BCUT2D eigenvalue weighted by Crippen LogP contribution is 2.17. The van der Waals surface area contributed by atoms with Crippen molar-refractivity contribution >= 4 is 59.3 Å². The zero-order chi connectivity index (χ0) is 60.0. The van der Waals surface area contributed by atoms with Crippen LogP contribution in [0.1, 0.15) is 54.5 Å². The molecule has 0 bridgehead atoms. The molecule has 8 atom stereocenters. The molecule has 5 aromatic carbocycles. The fourth-order valence-corrected chi connectivity index (χ4v) is 8.43. The van der Waals surface area contributed by atoms with Crippen molar-refractivity contribution in [1.29, 1.82) is 0 Å². The largest absolute Gasteiger partial charge is 0.508 e. The minimum Gasteiger partial charge on any atom is -0.508 e. The molecule has 0 radical (unpaired) electrons. The minimum absolute atomic E-state index is 0.0657. The van der Waals surface area contributed by atoms with Crippen LogP contribution in [-0.4, -0.2) is 138 Å². The fraction of sp³-hybridized carbons (Fsp3) is 0.310. The lowest BCUT2D eigenvalue weighted by atomic mass is 9.99. The number of hydrogen-bond acceptors (Lipinski definition) is 14. The van der Waals surface area contributed by atoms with Gasteiger partial charge in [-0.2, -0.15) is 0 Å². The summed E-state index contributed by atoms with van der Waals surface area (Å²) in [5.74, 6) is -13.1. The Kier molecular flexibility index (Phi) is 23.4. The number of aliphatic carboxylic acids is 3. The van der Waals surface area contributed by atoms with Crippen LogP contribution in [-0.2, 0) is 80.0 Å². The molecule has 0 fully saturated rings. The van der Waals surface area contributed by atoms with Crippen LogP contribution < -0.4 is 43.0 Å². The molecule has 15 N–H and O–H groups in total. The number of carboxylic acids is 3. The van der Waals surface area contributed by atoms with Gasteiger partial charge >= 0.3 is 17.9 Å². The van der Waals surface area contributed by atoms with Crippen LogP contribution in [0.15, 0.2) is 133 Å². The van der Waals surface area contributed by atoms with E-state index in [9.17, 15) is 78.6 Å². The van der Waals surface area contributed by atoms with E-state index in [1.165, 1.54) is 86.6 Å². The molecular formula is C58H66N8O16. The Morgan fingerprint density at radius 3 is 0.988 bits per heavy atom. The molecule has 24 heteroatoms. The summed E-state index contributed by atoms with van der Waals surface area (Å²) in [6.07, 6.45) is -3.15. The molecule has 0 aliphatic heterocycles. The predicted molar refractivity (Wildman–Crippen MR) is 294 cm³/mol. The highest BCUT2D eigenvalue weighted by Gasteiger charge is 2.37. The van der Waals surface area contributed by atoms with Gasteiger partial charge in [0.1, 0.15) is 59.5 Å². The molecule has 24 nitrogen and oxygen atoms in total. The van der Waals surface area contributed by atoms with Crippen LogP contribution in [0.4, 0.5) is 0 Å². The van der Waals surface area contributed by atoms with Crippen molar-refractivity contribution in [2.45, 2.75) is 107 Å². The number of carbonyl (C=O) groups is 10. The highest BCUT2D eigenvalue weighted by atomic mass is 16.4. The van der Waals surface area contributed by atoms with Crippen LogP contribution in [0, 0.1) is 5.92 Å². The number of rotatable bonds is 30. The second kappa shape index (κ2) is 30.5. The van der Waals surface area contributed by atoms with Gasteiger partial charge in [-0.05, 0) is 76.6 Å². The van der Waals surface area contributed by atoms with Gasteiger partial charge in [-0.25, -0.2) is 4.79 Å². The Balaban J connectivity index is 1.37. The monoisotopic (exact) mass is 1130 g/mol. The molecule has 434 valence electrons. The molecule has 5 aromatic rings. The third-order valence-electron chi connectivity index (χ3n) is 12.8. The van der Waals surface area contributed by atoms with Gasteiger partial charge in [-0.1, -0.05) is 111 Å². The van der Waals surface area contributed by atoms with E-state index < -0.39 is 133 Å². The summed E-state index contributed by atoms with van der Waals surface area (Å²) in [5.41, 5.74) is 8.63. The predicted octanol–water partition coefficient (Wildman–Crippen LogP) is 0.728. The van der Waals surface area contributed by atoms with E-state index in [-0.39, 0.29) is 48.5 Å². The molecule has 0 heterocycles. The van der Waals surface area contributed by atoms with Gasteiger partial charge in [0, 0.05) is 25.7 Å². The number of carboxylic acid groups (broad SMARTS) is 3. The Morgan fingerprint density at radius 1 is 0.354 bits per heavy atom. The van der Waals surface area contributed by atoms with Crippen molar-refractivity contribution in [3.63, 3.8) is 0 Å². The number of amides is 7. The van der Waals surface area contributed by atoms with Crippen LogP contribution in [0.5, 0.6) is 17.2 Å². The lowest BCUT2D eigenvalue weighted by Gasteiger charge is -2.28. The maximum absolute atomic E-state index is 14.4. The molecule has 0 saturated carbocycles. The molecule has 0 aromatic heterocycles. The van der Waals surface area contributed by atoms with Crippen LogP contribution >= 0.6 is 0 Å². The van der Waals surface area contributed by atoms with E-state index in [1.807, 2.05) is 0 Å². The normalized spacial score (nSPS) is 13.9. The quantitative estimate of drug-likeness (QED) is 0.0301. The average Bonchev–Trinajstić information content (AvgIpc) is 3.43. The van der Waals surface area contributed by atoms with Crippen molar-refractivity contribution < 1.29 is 78.6 Å². The van der Waals surface area contributed by atoms with Crippen LogP contribution in [0.2, 0.25) is 0 Å². The van der Waals surface area contributed by atoms with Gasteiger partial charge in [-0.15, -0.1) is 0 Å². The number of carbonyl (C=O) groups excluding carboxylic acids is 7. The number of benzene rings is 5. The SMILES string of the molecule is CC(C)[C@H](NC(=O)[C@H](CC(=O)O)NC(=O)[C@H](Cc1ccc(O)cc1)NC(=O)[C@H](CC(=O)O)NC(=O)[C@H](Cc1ccc(O)cc1)NC(=O)[C@@H](N)Cc1ccccc1)C(=O)N[C@@H](Cc1ccccc1)C(=O)N[C@@H](Cc1ccc(O)cc1)C(=O)O. The van der Waals surface area contributed by atoms with Crippen molar-refractivity contribution in [3.05, 3.63) is 161 Å². The summed E-state index contributed by atoms with van der Waals surface area (Å²) >= 11 is 0. The summed E-state index contributed by atoms with van der Waals surface area (Å²) < 4.78 is 0. The molecule has 5 rings (SSSR count). The first-order valence-electron chi connectivity index (χ1n) is 25.9. The van der Waals surface area contributed by atoms with Gasteiger partial charge in [-0.3, -0.25) is 43.2 Å². The number of hydrogen-bond donors (Lipinski definition) is 14. The van der Waals surface area contributed by atoms with Crippen molar-refractivity contribution in [3.8, 4) is 17.2 Å². The van der Waals surface area contributed by atoms with Crippen molar-refractivity contribution in [2.24, 2.45) is 11.7 Å². The second-order valence-corrected chi connectivity index (χ2v) is 19.7. The molecule has 0 spiro atoms. The van der Waals surface area contributed by atoms with Crippen molar-refractivity contribution in [2.75, 3.05) is 0 Å². The first kappa shape index (κ1) is 63.0. The average molecular weight is 1130 g/mol. The van der Waals surface area contributed by atoms with Crippen molar-refractivity contribution in [1.82, 2.24) is 37.2 Å². The van der Waals surface area contributed by atoms with Gasteiger partial charge < -0.3 is 73.6 Å². The number of nitrogens with one attached hydrogen (secondary N) is 7. The second-order valence-electron chi connectivity index (χ2n) is 19.7. The van der Waals surface area contributed by atoms with Gasteiger partial charge in [0.25, 0.3) is 0 Å². The summed E-state index contributed by atoms with van der Waals surface area (Å²) in [4.78, 5) is 135. The Bertz CT molecular complexity index is 3020. The zero-order valence-electron chi connectivity index (χ0n) is 44.7. The Hall–Kier alpha value is -9.84. The number of phenolic OH excluding ortho intramolecular Hbond substituents is 3. The van der Waals surface area contributed by atoms with E-state index in [0.717, 1.165) is 0 Å². The standard InChI is InChI=1S/C58H66N8O16/c1-32(2)50(57(80)64-44(26-34-11-7-4-8-12-34)54(77)65-47(58(81)82)29-37-17-23-40(69)24-18-37)66-56(79)46(31-49(72)73)63-53(76)43(28-36-15-21-39(68)22-16-36)61-55(78)45(30-48(70)71)62-52(75)42(27-35-13-19-38(67)20-14-35)60-51(74)41(59)25-33-9-5-3-6-10-33/h3-24,32,41-47,50,67-69H,25-31,59H2,1-2H3,(H,60,74)(H,61,78)(H,62,75)(H,63,76)(H,64,80)(H,65,77)(H,66,79)(H,70,71)(H,72,73)(H,81,82)/t41-,42-,43-,44-,45-,46-,47-,50-/m0/s1. The molecule has 0 aliphatic carbocycles. The topological polar surface area (TPSA) is 402 Å². The fourth-order valence-electron chi connectivity index (χ4n) is 8.43. The lowest BCUT2D eigenvalue weighted by molar-refractivity contribution is -0.142. The van der Waals surface area contributed by atoms with Crippen LogP contribution in [0.3, 0.4) is 0 Å². The highest BCUT2D eigenvalue weighted by molar-refractivity contribution is 5.99. The molecular weight excluding hydrogens is 1060 g/mol. The number of nitrogens with two attached hydrogens (primary N) is 1. The third kappa shape index (κ3) is 20.4. The van der Waals surface area contributed by atoms with E-state index in [4.69, 9.17) is 5.73 Å². The molecule has 0 saturated heterocycles. The minimum atomic E-state index is -1.98. The first-order valence-corrected chi connectivity index (χ1v) is 25.9. The Labute approximate surface area is 470 Å². The molecule has 7 amide bonds. The van der Waals surface area contributed by atoms with E-state index in [0.29, 0.717) is 22.3 Å². The lowest BCUT2D eigenvalue weighted by Crippen LogP contribution is -2.61. The van der Waals surface area contributed by atoms with Gasteiger partial charge in [0.05, 0.1) is 18.9 Å². The maximum atomic E-state index is 14.4. The van der Waals surface area contributed by atoms with Gasteiger partial charge in [0.15, 0.2) is 0 Å². The van der Waals surface area contributed by atoms with E-state index in [2.05, 4.69) is 37.2 Å². The van der Waals surface area contributed by atoms with E-state index >= 15 is 0 Å². The van der Waals surface area contributed by atoms with Crippen LogP contribution in [0.25, 0.3) is 0 Å². The zero-order valence-corrected chi connectivity index (χ0v) is 44.7. The number of phenols is 3. The Morgan fingerprint density at radius 2 is 0.634 bits per heavy atom. The third-order valence-corrected chi connectivity index (χ3v) is 12.8. The number of aromatic hydroxyl groups is 3. The summed E-state index contributed by atoms with van der Waals surface area (Å²) in [6, 6.07) is 20.7. The maximum Gasteiger partial charge on any atom is 0.326 e. The molecule has 0 unspecified atom stereocenters. The van der Waals surface area contributed by atoms with E-state index in [1.54, 1.807) is 60.7 Å². The summed E-state index contributed by atoms with van der Waals surface area (Å²) in [7, 11) is 0. The van der Waals surface area contributed by atoms with Gasteiger partial charge in [0.2, 0.25) is 41.4 Å². The first-order chi connectivity index (χ1) is 38.9. The molecule has 82 heavy (non-hydrogen) atoms. The molecule has 0 aliphatic rings. The summed E-state index contributed by atoms with van der Waals surface area (Å²) in [6.45, 7) is 3.03. The smallest absolute Gasteiger partial charge is 0.326 e.